The van der Waals surface area contributed by atoms with Crippen LogP contribution in [0.5, 0.6) is 0 Å². The van der Waals surface area contributed by atoms with Crippen molar-refractivity contribution in [2.24, 2.45) is 0 Å². The number of para-hydroxylation sites is 1. The Labute approximate surface area is 163 Å². The van der Waals surface area contributed by atoms with Gasteiger partial charge in [-0.3, -0.25) is 4.90 Å². The van der Waals surface area contributed by atoms with Crippen molar-refractivity contribution in [3.8, 4) is 11.5 Å². The van der Waals surface area contributed by atoms with Crippen LogP contribution in [0, 0.1) is 18.6 Å². The topological polar surface area (TPSA) is 32.5 Å². The number of aryl methyl sites for hydroxylation is 1. The van der Waals surface area contributed by atoms with Gasteiger partial charge in [0.25, 0.3) is 0 Å². The summed E-state index contributed by atoms with van der Waals surface area (Å²) >= 11 is 0. The van der Waals surface area contributed by atoms with Crippen molar-refractivity contribution in [3.05, 3.63) is 71.6 Å². The number of nitrogens with zero attached hydrogens (tertiary/aromatic N) is 3. The maximum absolute atomic E-state index is 14.0. The van der Waals surface area contributed by atoms with Crippen molar-refractivity contribution < 1.29 is 13.2 Å². The predicted molar refractivity (Wildman–Crippen MR) is 105 cm³/mol. The zero-order valence-corrected chi connectivity index (χ0v) is 15.9. The van der Waals surface area contributed by atoms with E-state index in [0.717, 1.165) is 56.5 Å². The number of hydrogen-bond donors (Lipinski definition) is 0. The summed E-state index contributed by atoms with van der Waals surface area (Å²) in [5.74, 6) is -0.280. The molecule has 28 heavy (non-hydrogen) atoms. The number of anilines is 1. The lowest BCUT2D eigenvalue weighted by Gasteiger charge is -2.23. The number of rotatable bonds is 4. The third kappa shape index (κ3) is 4.07. The molecule has 0 amide bonds. The molecule has 1 saturated heterocycles. The van der Waals surface area contributed by atoms with Gasteiger partial charge in [-0.15, -0.1) is 0 Å². The minimum Gasteiger partial charge on any atom is -0.441 e. The Morgan fingerprint density at radius 3 is 2.64 bits per heavy atom. The summed E-state index contributed by atoms with van der Waals surface area (Å²) < 4.78 is 33.2. The van der Waals surface area contributed by atoms with Crippen molar-refractivity contribution in [1.82, 2.24) is 9.88 Å². The van der Waals surface area contributed by atoms with Gasteiger partial charge in [-0.25, -0.2) is 13.8 Å². The van der Waals surface area contributed by atoms with Crippen LogP contribution in [0.3, 0.4) is 0 Å². The molecule has 2 aromatic carbocycles. The van der Waals surface area contributed by atoms with Crippen molar-refractivity contribution in [3.63, 3.8) is 0 Å². The molecule has 6 heteroatoms. The lowest BCUT2D eigenvalue weighted by atomic mass is 10.2. The van der Waals surface area contributed by atoms with Gasteiger partial charge in [0.05, 0.1) is 11.3 Å². The molecule has 0 spiro atoms. The summed E-state index contributed by atoms with van der Waals surface area (Å²) in [6.07, 6.45) is 1.05. The van der Waals surface area contributed by atoms with E-state index in [9.17, 15) is 8.78 Å². The Kier molecular flexibility index (Phi) is 5.39. The van der Waals surface area contributed by atoms with Gasteiger partial charge in [0.1, 0.15) is 17.4 Å². The van der Waals surface area contributed by atoms with Crippen LogP contribution in [-0.4, -0.2) is 36.1 Å². The minimum atomic E-state index is -0.539. The molecule has 0 bridgehead atoms. The van der Waals surface area contributed by atoms with E-state index in [2.05, 4.69) is 39.0 Å². The predicted octanol–water partition coefficient (Wildman–Crippen LogP) is 4.64. The molecule has 0 unspecified atom stereocenters. The fourth-order valence-corrected chi connectivity index (χ4v) is 3.59. The summed E-state index contributed by atoms with van der Waals surface area (Å²) in [6, 6.07) is 13.7. The highest BCUT2D eigenvalue weighted by Crippen LogP contribution is 2.26. The maximum atomic E-state index is 14.0. The highest BCUT2D eigenvalue weighted by Gasteiger charge is 2.20. The molecule has 0 aliphatic carbocycles. The molecule has 2 heterocycles. The summed E-state index contributed by atoms with van der Waals surface area (Å²) in [5, 5.41) is 0. The van der Waals surface area contributed by atoms with Crippen LogP contribution in [0.1, 0.15) is 17.9 Å². The normalized spacial score (nSPS) is 15.6. The molecule has 3 aromatic rings. The quantitative estimate of drug-likeness (QED) is 0.657. The fourth-order valence-electron chi connectivity index (χ4n) is 3.59. The third-order valence-corrected chi connectivity index (χ3v) is 5.13. The number of oxazole rings is 1. The summed E-state index contributed by atoms with van der Waals surface area (Å²) in [5.41, 5.74) is 2.07. The van der Waals surface area contributed by atoms with Gasteiger partial charge < -0.3 is 9.32 Å². The monoisotopic (exact) mass is 383 g/mol. The van der Waals surface area contributed by atoms with Crippen LogP contribution in [-0.2, 0) is 6.54 Å². The van der Waals surface area contributed by atoms with Crippen molar-refractivity contribution in [1.29, 1.82) is 0 Å². The lowest BCUT2D eigenvalue weighted by Crippen LogP contribution is -2.30. The second kappa shape index (κ2) is 8.10. The molecule has 1 fully saturated rings. The first kappa shape index (κ1) is 18.6. The molecule has 4 rings (SSSR count). The standard InChI is InChI=1S/C22H23F2N3O/c1-16-21(25-22(28-16)19-14-17(23)8-9-20(19)24)15-26-10-5-11-27(13-12-26)18-6-3-2-4-7-18/h2-4,6-9,14H,5,10-13,15H2,1H3. The molecular weight excluding hydrogens is 360 g/mol. The van der Waals surface area contributed by atoms with Gasteiger partial charge >= 0.3 is 0 Å². The highest BCUT2D eigenvalue weighted by molar-refractivity contribution is 5.54. The van der Waals surface area contributed by atoms with Gasteiger partial charge in [0.2, 0.25) is 5.89 Å². The Morgan fingerprint density at radius 2 is 1.82 bits per heavy atom. The van der Waals surface area contributed by atoms with E-state index in [1.54, 1.807) is 0 Å². The second-order valence-electron chi connectivity index (χ2n) is 7.10. The van der Waals surface area contributed by atoms with E-state index >= 15 is 0 Å². The van der Waals surface area contributed by atoms with Gasteiger partial charge in [-0.2, -0.15) is 0 Å². The van der Waals surface area contributed by atoms with E-state index in [1.165, 1.54) is 5.69 Å². The SMILES string of the molecule is Cc1oc(-c2cc(F)ccc2F)nc1CN1CCCN(c2ccccc2)CC1. The lowest BCUT2D eigenvalue weighted by molar-refractivity contribution is 0.281. The third-order valence-electron chi connectivity index (χ3n) is 5.13. The summed E-state index contributed by atoms with van der Waals surface area (Å²) in [6.45, 7) is 6.26. The number of hydrogen-bond acceptors (Lipinski definition) is 4. The zero-order chi connectivity index (χ0) is 19.5. The molecule has 0 N–H and O–H groups in total. The Hall–Kier alpha value is -2.73. The van der Waals surface area contributed by atoms with Crippen molar-refractivity contribution >= 4 is 5.69 Å². The van der Waals surface area contributed by atoms with E-state index in [0.29, 0.717) is 12.3 Å². The smallest absolute Gasteiger partial charge is 0.229 e. The van der Waals surface area contributed by atoms with Crippen LogP contribution in [0.4, 0.5) is 14.5 Å². The first-order valence-corrected chi connectivity index (χ1v) is 9.54. The van der Waals surface area contributed by atoms with Crippen LogP contribution in [0.2, 0.25) is 0 Å². The van der Waals surface area contributed by atoms with Gasteiger partial charge in [0.15, 0.2) is 0 Å². The molecule has 0 radical (unpaired) electrons. The Bertz CT molecular complexity index is 942. The average Bonchev–Trinajstić information content (AvgIpc) is 2.90. The first-order valence-electron chi connectivity index (χ1n) is 9.54. The van der Waals surface area contributed by atoms with Crippen LogP contribution >= 0.6 is 0 Å². The number of aromatic nitrogens is 1. The number of benzene rings is 2. The van der Waals surface area contributed by atoms with Crippen molar-refractivity contribution in [2.45, 2.75) is 19.9 Å². The van der Waals surface area contributed by atoms with E-state index in [1.807, 2.05) is 13.0 Å². The van der Waals surface area contributed by atoms with Crippen LogP contribution in [0.15, 0.2) is 52.9 Å². The minimum absolute atomic E-state index is 0.0560. The number of halogens is 2. The molecule has 1 aromatic heterocycles. The fraction of sp³-hybridized carbons (Fsp3) is 0.318. The van der Waals surface area contributed by atoms with Gasteiger partial charge in [-0.05, 0) is 43.7 Å². The zero-order valence-electron chi connectivity index (χ0n) is 15.9. The largest absolute Gasteiger partial charge is 0.441 e. The van der Waals surface area contributed by atoms with Crippen LogP contribution in [0.25, 0.3) is 11.5 Å². The van der Waals surface area contributed by atoms with Gasteiger partial charge in [-0.1, -0.05) is 18.2 Å². The second-order valence-corrected chi connectivity index (χ2v) is 7.10. The maximum Gasteiger partial charge on any atom is 0.229 e. The van der Waals surface area contributed by atoms with E-state index < -0.39 is 11.6 Å². The summed E-state index contributed by atoms with van der Waals surface area (Å²) in [7, 11) is 0. The molecular formula is C22H23F2N3O. The molecule has 1 aliphatic rings. The van der Waals surface area contributed by atoms with Crippen molar-refractivity contribution in [2.75, 3.05) is 31.1 Å². The van der Waals surface area contributed by atoms with Crippen LogP contribution < -0.4 is 4.90 Å². The first-order chi connectivity index (χ1) is 13.6. The van der Waals surface area contributed by atoms with E-state index in [4.69, 9.17) is 4.42 Å². The molecule has 0 saturated carbocycles. The molecule has 4 nitrogen and oxygen atoms in total. The summed E-state index contributed by atoms with van der Waals surface area (Å²) in [4.78, 5) is 9.18. The molecule has 1 aliphatic heterocycles. The highest BCUT2D eigenvalue weighted by atomic mass is 19.1. The van der Waals surface area contributed by atoms with E-state index in [-0.39, 0.29) is 11.5 Å². The molecule has 146 valence electrons. The van der Waals surface area contributed by atoms with Gasteiger partial charge in [0, 0.05) is 38.4 Å². The molecule has 0 atom stereocenters. The Balaban J connectivity index is 1.46. The Morgan fingerprint density at radius 1 is 1.00 bits per heavy atom. The average molecular weight is 383 g/mol.